The molecular weight excluding hydrogens is 249 g/mol. The molecule has 0 aliphatic carbocycles. The smallest absolute Gasteiger partial charge is 0.423 e. The molecule has 2 aliphatic rings. The van der Waals surface area contributed by atoms with Gasteiger partial charge in [0, 0.05) is 18.2 Å². The molecule has 9 heteroatoms. The highest BCUT2D eigenvalue weighted by atomic mass is 16.4. The van der Waals surface area contributed by atoms with Crippen molar-refractivity contribution in [1.29, 1.82) is 0 Å². The van der Waals surface area contributed by atoms with Crippen molar-refractivity contribution in [2.24, 2.45) is 4.99 Å². The van der Waals surface area contributed by atoms with E-state index in [1.54, 1.807) is 11.1 Å². The molecule has 0 saturated carbocycles. The Balaban J connectivity index is 2.07. The lowest BCUT2D eigenvalue weighted by Crippen LogP contribution is -2.48. The number of carbonyl (C=O) groups is 1. The van der Waals surface area contributed by atoms with Crippen molar-refractivity contribution < 1.29 is 14.8 Å². The molecule has 102 valence electrons. The van der Waals surface area contributed by atoms with E-state index < -0.39 is 7.12 Å². The maximum atomic E-state index is 11.4. The van der Waals surface area contributed by atoms with Gasteiger partial charge in [0.1, 0.15) is 0 Å². The molecule has 5 N–H and O–H groups in total. The summed E-state index contributed by atoms with van der Waals surface area (Å²) in [6.07, 6.45) is 2.91. The summed E-state index contributed by atoms with van der Waals surface area (Å²) in [7, 11) is -1.54. The van der Waals surface area contributed by atoms with Gasteiger partial charge < -0.3 is 15.4 Å². The molecule has 0 radical (unpaired) electrons. The molecule has 0 spiro atoms. The van der Waals surface area contributed by atoms with Crippen molar-refractivity contribution in [2.75, 3.05) is 6.54 Å². The highest BCUT2D eigenvalue weighted by Crippen LogP contribution is 2.22. The second kappa shape index (κ2) is 5.33. The zero-order chi connectivity index (χ0) is 14.0. The number of aliphatic imine (C=N–C) groups is 1. The van der Waals surface area contributed by atoms with Gasteiger partial charge in [-0.3, -0.25) is 15.8 Å². The van der Waals surface area contributed by atoms with Gasteiger partial charge in [0.2, 0.25) is 5.96 Å². The lowest BCUT2D eigenvalue weighted by Gasteiger charge is -2.26. The van der Waals surface area contributed by atoms with Crippen LogP contribution in [-0.2, 0) is 0 Å². The van der Waals surface area contributed by atoms with Crippen molar-refractivity contribution in [3.63, 3.8) is 0 Å². The third kappa shape index (κ3) is 2.88. The first-order chi connectivity index (χ1) is 9.01. The number of rotatable bonds is 2. The van der Waals surface area contributed by atoms with E-state index in [0.717, 1.165) is 5.57 Å². The second-order valence-corrected chi connectivity index (χ2v) is 4.25. The predicted octanol–water partition coefficient (Wildman–Crippen LogP) is -1.34. The van der Waals surface area contributed by atoms with Crippen LogP contribution >= 0.6 is 0 Å². The molecule has 8 nitrogen and oxygen atoms in total. The number of guanidine groups is 1. The highest BCUT2D eigenvalue weighted by Gasteiger charge is 2.31. The summed E-state index contributed by atoms with van der Waals surface area (Å²) in [5.74, 6) is 0.314. The van der Waals surface area contributed by atoms with Crippen LogP contribution in [0.2, 0.25) is 0 Å². The van der Waals surface area contributed by atoms with Crippen LogP contribution in [0.5, 0.6) is 0 Å². The van der Waals surface area contributed by atoms with Gasteiger partial charge in [0.05, 0.1) is 0 Å². The van der Waals surface area contributed by atoms with Crippen LogP contribution in [0.25, 0.3) is 0 Å². The maximum absolute atomic E-state index is 11.4. The molecule has 19 heavy (non-hydrogen) atoms. The van der Waals surface area contributed by atoms with Crippen molar-refractivity contribution in [3.05, 3.63) is 23.3 Å². The Labute approximate surface area is 111 Å². The van der Waals surface area contributed by atoms with Gasteiger partial charge in [0.25, 0.3) is 0 Å². The minimum atomic E-state index is -1.54. The van der Waals surface area contributed by atoms with Gasteiger partial charge >= 0.3 is 13.1 Å². The first-order valence-electron chi connectivity index (χ1n) is 5.95. The zero-order valence-electron chi connectivity index (χ0n) is 10.7. The lowest BCUT2D eigenvalue weighted by molar-refractivity contribution is 0.245. The molecule has 2 rings (SSSR count). The highest BCUT2D eigenvalue weighted by molar-refractivity contribution is 6.51. The monoisotopic (exact) mass is 265 g/mol. The third-order valence-corrected chi connectivity index (χ3v) is 2.71. The largest absolute Gasteiger partial charge is 0.489 e. The van der Waals surface area contributed by atoms with Crippen molar-refractivity contribution in [1.82, 2.24) is 21.1 Å². The summed E-state index contributed by atoms with van der Waals surface area (Å²) in [6.45, 7) is 4.16. The first kappa shape index (κ1) is 13.4. The number of amides is 2. The third-order valence-electron chi connectivity index (χ3n) is 2.71. The number of hydrazine groups is 1. The lowest BCUT2D eigenvalue weighted by atomic mass is 9.78. The van der Waals surface area contributed by atoms with Crippen LogP contribution in [-0.4, -0.2) is 46.9 Å². The van der Waals surface area contributed by atoms with Gasteiger partial charge in [-0.2, -0.15) is 0 Å². The Kier molecular flexibility index (Phi) is 3.77. The maximum Gasteiger partial charge on any atom is 0.489 e. The number of nitrogens with zero attached hydrogens (tertiary/aromatic N) is 2. The number of carbonyl (C=O) groups excluding carboxylic acids is 1. The summed E-state index contributed by atoms with van der Waals surface area (Å²) >= 11 is 0. The zero-order valence-corrected chi connectivity index (χ0v) is 10.7. The molecule has 2 heterocycles. The number of hydrogen-bond acceptors (Lipinski definition) is 6. The molecule has 2 aliphatic heterocycles. The Hall–Kier alpha value is -2.00. The summed E-state index contributed by atoms with van der Waals surface area (Å²) in [5.41, 5.74) is 4.07. The SMILES string of the molecule is CCNC(=O)NC1=NC2C(C)=CC(B(O)O)=CN2N1. The average molecular weight is 265 g/mol. The predicted molar refractivity (Wildman–Crippen MR) is 70.4 cm³/mol. The number of fused-ring (bicyclic) bond motifs is 1. The van der Waals surface area contributed by atoms with Gasteiger partial charge in [-0.1, -0.05) is 6.08 Å². The van der Waals surface area contributed by atoms with Crippen molar-refractivity contribution in [2.45, 2.75) is 20.0 Å². The molecular formula is C10H16BN5O3. The summed E-state index contributed by atoms with van der Waals surface area (Å²) in [4.78, 5) is 15.7. The van der Waals surface area contributed by atoms with E-state index in [9.17, 15) is 4.79 Å². The first-order valence-corrected chi connectivity index (χ1v) is 5.95. The standard InChI is InChI=1S/C10H16BN5O3/c1-3-12-10(17)14-9-13-8-6(2)4-7(11(18)19)5-16(8)15-9/h4-5,8,18-19H,3H2,1-2H3,(H3,12,13,14,15,17). The fraction of sp³-hybridized carbons (Fsp3) is 0.400. The van der Waals surface area contributed by atoms with Crippen LogP contribution < -0.4 is 16.1 Å². The molecule has 1 atom stereocenters. The summed E-state index contributed by atoms with van der Waals surface area (Å²) in [6, 6.07) is -0.346. The van der Waals surface area contributed by atoms with Crippen LogP contribution in [0.15, 0.2) is 28.3 Å². The number of nitrogens with one attached hydrogen (secondary N) is 3. The van der Waals surface area contributed by atoms with E-state index in [1.165, 1.54) is 6.20 Å². The fourth-order valence-corrected chi connectivity index (χ4v) is 1.87. The van der Waals surface area contributed by atoms with E-state index in [4.69, 9.17) is 10.0 Å². The van der Waals surface area contributed by atoms with E-state index in [1.807, 2.05) is 13.8 Å². The van der Waals surface area contributed by atoms with Crippen molar-refractivity contribution >= 4 is 19.1 Å². The minimum Gasteiger partial charge on any atom is -0.423 e. The van der Waals surface area contributed by atoms with Gasteiger partial charge in [-0.15, -0.1) is 0 Å². The minimum absolute atomic E-state index is 0.292. The van der Waals surface area contributed by atoms with Gasteiger partial charge in [-0.25, -0.2) is 9.79 Å². The topological polar surface area (TPSA) is 109 Å². The molecule has 0 aromatic rings. The summed E-state index contributed by atoms with van der Waals surface area (Å²) in [5, 5.41) is 25.1. The second-order valence-electron chi connectivity index (χ2n) is 4.25. The molecule has 0 saturated heterocycles. The Morgan fingerprint density at radius 3 is 3.00 bits per heavy atom. The van der Waals surface area contributed by atoms with E-state index in [0.29, 0.717) is 18.0 Å². The van der Waals surface area contributed by atoms with Gasteiger partial charge in [0.15, 0.2) is 6.17 Å². The van der Waals surface area contributed by atoms with Crippen LogP contribution in [0.4, 0.5) is 4.79 Å². The van der Waals surface area contributed by atoms with E-state index in [2.05, 4.69) is 21.1 Å². The number of allylic oxidation sites excluding steroid dienone is 2. The molecule has 0 aromatic heterocycles. The molecule has 0 aromatic carbocycles. The summed E-state index contributed by atoms with van der Waals surface area (Å²) < 4.78 is 0. The molecule has 2 amide bonds. The number of hydrogen-bond donors (Lipinski definition) is 5. The molecule has 0 bridgehead atoms. The van der Waals surface area contributed by atoms with Crippen LogP contribution in [0.3, 0.4) is 0 Å². The Morgan fingerprint density at radius 2 is 2.37 bits per heavy atom. The average Bonchev–Trinajstić information content (AvgIpc) is 2.72. The fourth-order valence-electron chi connectivity index (χ4n) is 1.87. The Morgan fingerprint density at radius 1 is 1.63 bits per heavy atom. The normalized spacial score (nSPS) is 20.7. The Bertz CT molecular complexity index is 474. The molecule has 0 fully saturated rings. The van der Waals surface area contributed by atoms with Gasteiger partial charge in [-0.05, 0) is 19.4 Å². The number of urea groups is 1. The molecule has 1 unspecified atom stereocenters. The quantitative estimate of drug-likeness (QED) is 0.397. The van der Waals surface area contributed by atoms with Crippen LogP contribution in [0.1, 0.15) is 13.8 Å². The van der Waals surface area contributed by atoms with E-state index in [-0.39, 0.29) is 12.2 Å². The van der Waals surface area contributed by atoms with Crippen LogP contribution in [0, 0.1) is 0 Å². The van der Waals surface area contributed by atoms with Crippen molar-refractivity contribution in [3.8, 4) is 0 Å². The van der Waals surface area contributed by atoms with E-state index >= 15 is 0 Å².